The van der Waals surface area contributed by atoms with Gasteiger partial charge in [0.2, 0.25) is 5.24 Å². The molecule has 0 heterocycles. The summed E-state index contributed by atoms with van der Waals surface area (Å²) >= 11 is 5.49. The van der Waals surface area contributed by atoms with Crippen molar-refractivity contribution < 1.29 is 9.59 Å². The number of halogens is 1. The van der Waals surface area contributed by atoms with Crippen molar-refractivity contribution in [2.45, 2.75) is 47.5 Å². The molecule has 1 atom stereocenters. The molecule has 3 heteroatoms. The van der Waals surface area contributed by atoms with Gasteiger partial charge in [0.15, 0.2) is 0 Å². The minimum atomic E-state index is -0.627. The van der Waals surface area contributed by atoms with Gasteiger partial charge in [0, 0.05) is 10.8 Å². The SMILES string of the molecule is CCC(C)(CC(C)(C)C(=O)Cl)C(C)=O. The number of hydrogen-bond acceptors (Lipinski definition) is 2. The zero-order valence-electron chi connectivity index (χ0n) is 9.61. The first kappa shape index (κ1) is 13.6. The van der Waals surface area contributed by atoms with Crippen LogP contribution < -0.4 is 0 Å². The van der Waals surface area contributed by atoms with Crippen molar-refractivity contribution in [2.75, 3.05) is 0 Å². The lowest BCUT2D eigenvalue weighted by Gasteiger charge is -2.32. The Labute approximate surface area is 91.0 Å². The molecule has 82 valence electrons. The Morgan fingerprint density at radius 1 is 1.21 bits per heavy atom. The van der Waals surface area contributed by atoms with E-state index in [-0.39, 0.29) is 11.0 Å². The van der Waals surface area contributed by atoms with E-state index in [9.17, 15) is 9.59 Å². The molecule has 0 aromatic rings. The van der Waals surface area contributed by atoms with Crippen LogP contribution in [0.3, 0.4) is 0 Å². The highest BCUT2D eigenvalue weighted by atomic mass is 35.5. The van der Waals surface area contributed by atoms with Crippen molar-refractivity contribution in [2.24, 2.45) is 10.8 Å². The Morgan fingerprint density at radius 2 is 1.64 bits per heavy atom. The monoisotopic (exact) mass is 218 g/mol. The molecule has 0 amide bonds. The van der Waals surface area contributed by atoms with Gasteiger partial charge in [0.1, 0.15) is 5.78 Å². The first-order valence-corrected chi connectivity index (χ1v) is 5.24. The summed E-state index contributed by atoms with van der Waals surface area (Å²) in [5, 5.41) is -0.376. The molecule has 0 aliphatic carbocycles. The number of ketones is 1. The smallest absolute Gasteiger partial charge is 0.227 e. The highest BCUT2D eigenvalue weighted by Gasteiger charge is 2.38. The summed E-state index contributed by atoms with van der Waals surface area (Å²) in [6.45, 7) is 8.96. The molecule has 0 bridgehead atoms. The second kappa shape index (κ2) is 4.43. The fourth-order valence-electron chi connectivity index (χ4n) is 1.54. The van der Waals surface area contributed by atoms with Gasteiger partial charge in [-0.2, -0.15) is 0 Å². The minimum Gasteiger partial charge on any atom is -0.299 e. The average Bonchev–Trinajstić information content (AvgIpc) is 2.02. The quantitative estimate of drug-likeness (QED) is 0.665. The first-order valence-electron chi connectivity index (χ1n) is 4.86. The molecule has 2 nitrogen and oxygen atoms in total. The molecule has 0 saturated heterocycles. The summed E-state index contributed by atoms with van der Waals surface area (Å²) in [6.07, 6.45) is 1.24. The first-order chi connectivity index (χ1) is 6.15. The Morgan fingerprint density at radius 3 is 1.86 bits per heavy atom. The van der Waals surface area contributed by atoms with Crippen LogP contribution >= 0.6 is 11.6 Å². The van der Waals surface area contributed by atoms with E-state index in [1.807, 2.05) is 13.8 Å². The summed E-state index contributed by atoms with van der Waals surface area (Å²) in [5.41, 5.74) is -1.06. The Hall–Kier alpha value is -0.370. The van der Waals surface area contributed by atoms with E-state index in [1.165, 1.54) is 0 Å². The highest BCUT2D eigenvalue weighted by molar-refractivity contribution is 6.64. The van der Waals surface area contributed by atoms with E-state index in [0.717, 1.165) is 6.42 Å². The number of carbonyl (C=O) groups excluding carboxylic acids is 2. The van der Waals surface area contributed by atoms with Gasteiger partial charge in [-0.3, -0.25) is 9.59 Å². The number of Topliss-reactive ketones (excluding diaryl/α,β-unsaturated/α-hetero) is 1. The molecule has 0 aliphatic heterocycles. The normalized spacial score (nSPS) is 16.1. The van der Waals surface area contributed by atoms with Gasteiger partial charge in [-0.05, 0) is 31.4 Å². The largest absolute Gasteiger partial charge is 0.299 e. The van der Waals surface area contributed by atoms with Crippen LogP contribution in [0.15, 0.2) is 0 Å². The second-order valence-electron chi connectivity index (χ2n) is 4.80. The maximum Gasteiger partial charge on any atom is 0.227 e. The van der Waals surface area contributed by atoms with E-state index in [4.69, 9.17) is 11.6 Å². The summed E-state index contributed by atoms with van der Waals surface area (Å²) in [5.74, 6) is 0.117. The molecular formula is C11H19ClO2. The molecule has 1 unspecified atom stereocenters. The lowest BCUT2D eigenvalue weighted by Crippen LogP contribution is -2.34. The van der Waals surface area contributed by atoms with Crippen molar-refractivity contribution in [1.82, 2.24) is 0 Å². The lowest BCUT2D eigenvalue weighted by atomic mass is 9.71. The van der Waals surface area contributed by atoms with Gasteiger partial charge < -0.3 is 0 Å². The van der Waals surface area contributed by atoms with Gasteiger partial charge >= 0.3 is 0 Å². The summed E-state index contributed by atoms with van der Waals surface area (Å²) in [4.78, 5) is 22.6. The van der Waals surface area contributed by atoms with E-state index in [0.29, 0.717) is 6.42 Å². The molecule has 0 aromatic carbocycles. The lowest BCUT2D eigenvalue weighted by molar-refractivity contribution is -0.129. The van der Waals surface area contributed by atoms with Gasteiger partial charge in [-0.1, -0.05) is 27.7 Å². The molecule has 0 N–H and O–H groups in total. The fourth-order valence-corrected chi connectivity index (χ4v) is 1.61. The van der Waals surface area contributed by atoms with Crippen LogP contribution in [0.25, 0.3) is 0 Å². The van der Waals surface area contributed by atoms with Crippen LogP contribution in [0.2, 0.25) is 0 Å². The molecule has 0 radical (unpaired) electrons. The van der Waals surface area contributed by atoms with Crippen molar-refractivity contribution >= 4 is 22.6 Å². The van der Waals surface area contributed by atoms with Crippen molar-refractivity contribution in [1.29, 1.82) is 0 Å². The minimum absolute atomic E-state index is 0.117. The summed E-state index contributed by atoms with van der Waals surface area (Å²) < 4.78 is 0. The van der Waals surface area contributed by atoms with Crippen molar-refractivity contribution in [3.63, 3.8) is 0 Å². The average molecular weight is 219 g/mol. The molecule has 0 aliphatic rings. The third-order valence-corrected chi connectivity index (χ3v) is 3.51. The van der Waals surface area contributed by atoms with E-state index in [2.05, 4.69) is 0 Å². The summed E-state index contributed by atoms with van der Waals surface area (Å²) in [7, 11) is 0. The molecule has 14 heavy (non-hydrogen) atoms. The predicted octanol–water partition coefficient (Wildman–Crippen LogP) is 3.17. The predicted molar refractivity (Wildman–Crippen MR) is 58.3 cm³/mol. The Bertz CT molecular complexity index is 246. The van der Waals surface area contributed by atoms with Gasteiger partial charge in [0.25, 0.3) is 0 Å². The van der Waals surface area contributed by atoms with E-state index < -0.39 is 10.8 Å². The zero-order valence-corrected chi connectivity index (χ0v) is 10.4. The molecule has 0 aromatic heterocycles. The van der Waals surface area contributed by atoms with E-state index in [1.54, 1.807) is 20.8 Å². The van der Waals surface area contributed by atoms with Crippen LogP contribution in [0, 0.1) is 10.8 Å². The standard InChI is InChI=1S/C11H19ClO2/c1-6-11(5,8(2)13)7-10(3,4)9(12)14/h6-7H2,1-5H3. The number of hydrogen-bond donors (Lipinski definition) is 0. The number of carbonyl (C=O) groups is 2. The summed E-state index contributed by atoms with van der Waals surface area (Å²) in [6, 6.07) is 0. The van der Waals surface area contributed by atoms with Crippen LogP contribution in [0.1, 0.15) is 47.5 Å². The molecule has 0 rings (SSSR count). The molecule has 0 fully saturated rings. The fraction of sp³-hybridized carbons (Fsp3) is 0.818. The third kappa shape index (κ3) is 3.09. The van der Waals surface area contributed by atoms with Crippen molar-refractivity contribution in [3.8, 4) is 0 Å². The molecular weight excluding hydrogens is 200 g/mol. The van der Waals surface area contributed by atoms with Crippen LogP contribution in [-0.4, -0.2) is 11.0 Å². The Balaban J connectivity index is 4.79. The van der Waals surface area contributed by atoms with Gasteiger partial charge in [0.05, 0.1) is 0 Å². The van der Waals surface area contributed by atoms with Crippen LogP contribution in [0.5, 0.6) is 0 Å². The van der Waals surface area contributed by atoms with E-state index >= 15 is 0 Å². The maximum absolute atomic E-state index is 11.4. The Kier molecular flexibility index (Phi) is 4.32. The van der Waals surface area contributed by atoms with Gasteiger partial charge in [-0.15, -0.1) is 0 Å². The zero-order chi connectivity index (χ0) is 11.6. The third-order valence-electron chi connectivity index (χ3n) is 2.99. The van der Waals surface area contributed by atoms with Crippen molar-refractivity contribution in [3.05, 3.63) is 0 Å². The topological polar surface area (TPSA) is 34.1 Å². The molecule has 0 saturated carbocycles. The van der Waals surface area contributed by atoms with Crippen LogP contribution in [-0.2, 0) is 9.59 Å². The second-order valence-corrected chi connectivity index (χ2v) is 5.15. The number of rotatable bonds is 5. The van der Waals surface area contributed by atoms with Gasteiger partial charge in [-0.25, -0.2) is 0 Å². The molecule has 0 spiro atoms. The highest BCUT2D eigenvalue weighted by Crippen LogP contribution is 2.38. The maximum atomic E-state index is 11.4. The van der Waals surface area contributed by atoms with Crippen LogP contribution in [0.4, 0.5) is 0 Å².